The highest BCUT2D eigenvalue weighted by Crippen LogP contribution is 2.40. The zero-order chi connectivity index (χ0) is 40.7. The van der Waals surface area contributed by atoms with Crippen LogP contribution in [0.5, 0.6) is 0 Å². The van der Waals surface area contributed by atoms with E-state index < -0.39 is 24.3 Å². The first kappa shape index (κ1) is 39.8. The van der Waals surface area contributed by atoms with Gasteiger partial charge < -0.3 is 39.9 Å². The van der Waals surface area contributed by atoms with Gasteiger partial charge in [-0.25, -0.2) is 19.6 Å². The van der Waals surface area contributed by atoms with E-state index in [0.29, 0.717) is 13.1 Å². The molecule has 5 aromatic rings. The third-order valence-electron chi connectivity index (χ3n) is 11.2. The number of thiophene rings is 1. The first-order valence-corrected chi connectivity index (χ1v) is 20.5. The van der Waals surface area contributed by atoms with E-state index in [-0.39, 0.29) is 47.6 Å². The van der Waals surface area contributed by atoms with Crippen molar-refractivity contribution in [2.24, 2.45) is 23.7 Å². The number of likely N-dealkylation sites (tertiary alicyclic amines) is 2. The molecule has 4 amide bonds. The van der Waals surface area contributed by atoms with Gasteiger partial charge in [-0.15, -0.1) is 11.3 Å². The van der Waals surface area contributed by atoms with E-state index in [2.05, 4.69) is 76.9 Å². The Morgan fingerprint density at radius 3 is 1.70 bits per heavy atom. The number of ether oxygens (including phenoxy) is 2. The lowest BCUT2D eigenvalue weighted by Crippen LogP contribution is -2.51. The maximum atomic E-state index is 13.8. The molecule has 302 valence electrons. The summed E-state index contributed by atoms with van der Waals surface area (Å²) < 4.78 is 9.57. The molecule has 57 heavy (non-hydrogen) atoms. The lowest BCUT2D eigenvalue weighted by atomic mass is 10.0. The Hall–Kier alpha value is -5.44. The van der Waals surface area contributed by atoms with E-state index >= 15 is 0 Å². The number of alkyl carbamates (subject to hydrolysis) is 2. The Labute approximate surface area is 336 Å². The van der Waals surface area contributed by atoms with Gasteiger partial charge in [0, 0.05) is 18.0 Å². The molecule has 2 saturated heterocycles. The number of hydrogen-bond acceptors (Lipinski definition) is 9. The van der Waals surface area contributed by atoms with Crippen molar-refractivity contribution in [1.29, 1.82) is 0 Å². The normalized spacial score (nSPS) is 20.7. The monoisotopic (exact) mass is 796 g/mol. The molecule has 0 spiro atoms. The number of nitrogens with zero attached hydrogens (tertiary/aromatic N) is 4. The average molecular weight is 797 g/mol. The summed E-state index contributed by atoms with van der Waals surface area (Å²) in [4.78, 5) is 74.1. The smallest absolute Gasteiger partial charge is 0.407 e. The highest BCUT2D eigenvalue weighted by Gasteiger charge is 2.41. The number of hydrogen-bond donors (Lipinski definition) is 4. The number of amides is 4. The van der Waals surface area contributed by atoms with E-state index in [1.165, 1.54) is 14.2 Å². The molecule has 7 rings (SSSR count). The maximum Gasteiger partial charge on any atom is 0.407 e. The summed E-state index contributed by atoms with van der Waals surface area (Å²) >= 11 is 1.60. The Morgan fingerprint density at radius 1 is 0.702 bits per heavy atom. The highest BCUT2D eigenvalue weighted by molar-refractivity contribution is 7.21. The molecule has 0 unspecified atom stereocenters. The van der Waals surface area contributed by atoms with Gasteiger partial charge in [-0.2, -0.15) is 0 Å². The van der Waals surface area contributed by atoms with Crippen LogP contribution in [0, 0.1) is 23.7 Å². The number of benzene rings is 2. The quantitative estimate of drug-likeness (QED) is 0.113. The van der Waals surface area contributed by atoms with Gasteiger partial charge in [-0.1, -0.05) is 71.9 Å². The van der Waals surface area contributed by atoms with Crippen LogP contribution in [0.1, 0.15) is 78.1 Å². The molecule has 15 heteroatoms. The lowest BCUT2D eigenvalue weighted by molar-refractivity contribution is -0.136. The second-order valence-electron chi connectivity index (χ2n) is 16.3. The largest absolute Gasteiger partial charge is 0.453 e. The number of carbonyl (C=O) groups excluding carboxylic acids is 4. The van der Waals surface area contributed by atoms with Crippen LogP contribution in [0.2, 0.25) is 0 Å². The standard InChI is InChI=1S/C42H52N8O6S/c1-21(2)34(46-41(53)55-7)39(51)49-19-23(5)15-31(49)36-43-28-14-13-27(17-29(28)44-36)25-9-11-26(12-10-25)33-18-30-38(57-33)48-37(45-30)32-16-24(6)20-50(32)40(52)35(22(3)4)47-42(54)56-8/h9-14,17-18,21-24,31-32,34-35H,15-16,19-20H2,1-8H3,(H,43,44)(H,45,48)(H,46,53)(H,47,54)/t23-,24-,31-,32-,34-,35-/m0/s1. The summed E-state index contributed by atoms with van der Waals surface area (Å²) in [5.41, 5.74) is 5.78. The van der Waals surface area contributed by atoms with Gasteiger partial charge in [0.2, 0.25) is 11.8 Å². The molecule has 14 nitrogen and oxygen atoms in total. The third-order valence-corrected chi connectivity index (χ3v) is 12.3. The fraction of sp³-hybridized carbons (Fsp3) is 0.476. The Morgan fingerprint density at radius 2 is 1.19 bits per heavy atom. The SMILES string of the molecule is COC(=O)N[C@H](C(=O)N1C[C@@H](C)C[C@H]1c1nc2cc(-c3ccc(-c4cc5[nH]c([C@@H]6C[C@H](C)CN6C(=O)[C@@H](NC(=O)OC)C(C)C)nc5s4)cc3)ccc2[nH]1)C(C)C. The molecular weight excluding hydrogens is 745 g/mol. The van der Waals surface area contributed by atoms with E-state index in [0.717, 1.165) is 67.4 Å². The van der Waals surface area contributed by atoms with E-state index in [4.69, 9.17) is 19.4 Å². The van der Waals surface area contributed by atoms with Crippen LogP contribution in [0.25, 0.3) is 42.9 Å². The first-order valence-electron chi connectivity index (χ1n) is 19.6. The van der Waals surface area contributed by atoms with Crippen molar-refractivity contribution in [3.8, 4) is 21.6 Å². The first-order chi connectivity index (χ1) is 27.2. The van der Waals surface area contributed by atoms with Gasteiger partial charge in [0.05, 0.1) is 42.9 Å². The molecule has 2 aromatic carbocycles. The van der Waals surface area contributed by atoms with Crippen LogP contribution >= 0.6 is 11.3 Å². The molecule has 2 aliphatic rings. The fourth-order valence-electron chi connectivity index (χ4n) is 8.17. The van der Waals surface area contributed by atoms with E-state index in [1.807, 2.05) is 43.6 Å². The zero-order valence-electron chi connectivity index (χ0n) is 33.7. The predicted molar refractivity (Wildman–Crippen MR) is 219 cm³/mol. The Bertz CT molecular complexity index is 2250. The number of H-pyrrole nitrogens is 2. The van der Waals surface area contributed by atoms with E-state index in [9.17, 15) is 19.2 Å². The summed E-state index contributed by atoms with van der Waals surface area (Å²) in [5.74, 6) is 1.55. The van der Waals surface area contributed by atoms with Gasteiger partial charge in [0.25, 0.3) is 0 Å². The lowest BCUT2D eigenvalue weighted by Gasteiger charge is -2.30. The molecule has 2 fully saturated rings. The molecule has 3 aromatic heterocycles. The molecule has 5 heterocycles. The molecule has 2 aliphatic heterocycles. The minimum Gasteiger partial charge on any atom is -0.453 e. The van der Waals surface area contributed by atoms with Gasteiger partial charge in [0.15, 0.2) is 0 Å². The van der Waals surface area contributed by atoms with Gasteiger partial charge >= 0.3 is 12.2 Å². The van der Waals surface area contributed by atoms with E-state index in [1.54, 1.807) is 11.3 Å². The van der Waals surface area contributed by atoms with Gasteiger partial charge in [0.1, 0.15) is 28.6 Å². The van der Waals surface area contributed by atoms with Crippen molar-refractivity contribution >= 4 is 56.7 Å². The maximum absolute atomic E-state index is 13.8. The highest BCUT2D eigenvalue weighted by atomic mass is 32.1. The van der Waals surface area contributed by atoms with Crippen molar-refractivity contribution < 1.29 is 28.7 Å². The number of fused-ring (bicyclic) bond motifs is 2. The number of aromatic amines is 2. The number of methoxy groups -OCH3 is 2. The second-order valence-corrected chi connectivity index (χ2v) is 17.3. The molecular formula is C42H52N8O6S. The number of imidazole rings is 2. The van der Waals surface area contributed by atoms with Crippen molar-refractivity contribution in [2.45, 2.75) is 78.6 Å². The zero-order valence-corrected chi connectivity index (χ0v) is 34.5. The van der Waals surface area contributed by atoms with Gasteiger partial charge in [-0.3, -0.25) is 9.59 Å². The van der Waals surface area contributed by atoms with Crippen molar-refractivity contribution in [3.05, 3.63) is 60.2 Å². The molecule has 0 radical (unpaired) electrons. The summed E-state index contributed by atoms with van der Waals surface area (Å²) in [6.07, 6.45) is 0.300. The molecule has 0 bridgehead atoms. The van der Waals surface area contributed by atoms with Crippen LogP contribution in [0.15, 0.2) is 48.5 Å². The molecule has 6 atom stereocenters. The Balaban J connectivity index is 1.06. The second kappa shape index (κ2) is 16.2. The summed E-state index contributed by atoms with van der Waals surface area (Å²) in [6, 6.07) is 14.9. The molecule has 4 N–H and O–H groups in total. The summed E-state index contributed by atoms with van der Waals surface area (Å²) in [7, 11) is 2.59. The Kier molecular flexibility index (Phi) is 11.3. The molecule has 0 saturated carbocycles. The van der Waals surface area contributed by atoms with Crippen LogP contribution in [-0.2, 0) is 19.1 Å². The molecule has 0 aliphatic carbocycles. The van der Waals surface area contributed by atoms with Crippen molar-refractivity contribution in [1.82, 2.24) is 40.4 Å². The summed E-state index contributed by atoms with van der Waals surface area (Å²) in [5, 5.41) is 5.44. The summed E-state index contributed by atoms with van der Waals surface area (Å²) in [6.45, 7) is 13.1. The number of nitrogens with one attached hydrogen (secondary N) is 4. The average Bonchev–Trinajstić information content (AvgIpc) is 4.02. The number of aromatic nitrogens is 4. The third kappa shape index (κ3) is 8.07. The van der Waals surface area contributed by atoms with Crippen molar-refractivity contribution in [2.75, 3.05) is 27.3 Å². The topological polar surface area (TPSA) is 175 Å². The van der Waals surface area contributed by atoms with Crippen LogP contribution in [0.4, 0.5) is 9.59 Å². The fourth-order valence-corrected chi connectivity index (χ4v) is 9.18. The number of rotatable bonds is 10. The van der Waals surface area contributed by atoms with Crippen LogP contribution < -0.4 is 10.6 Å². The number of carbonyl (C=O) groups is 4. The minimum absolute atomic E-state index is 0.109. The van der Waals surface area contributed by atoms with Crippen molar-refractivity contribution in [3.63, 3.8) is 0 Å². The predicted octanol–water partition coefficient (Wildman–Crippen LogP) is 7.41. The van der Waals surface area contributed by atoms with Crippen LogP contribution in [-0.4, -0.2) is 93.1 Å². The minimum atomic E-state index is -0.702. The van der Waals surface area contributed by atoms with Crippen LogP contribution in [0.3, 0.4) is 0 Å². The van der Waals surface area contributed by atoms with Gasteiger partial charge in [-0.05, 0) is 71.4 Å².